The van der Waals surface area contributed by atoms with Gasteiger partial charge in [0.15, 0.2) is 5.13 Å². The Morgan fingerprint density at radius 2 is 1.96 bits per heavy atom. The molecule has 7 heteroatoms. The molecule has 4 nitrogen and oxygen atoms in total. The normalized spacial score (nSPS) is 14.0. The van der Waals surface area contributed by atoms with E-state index in [2.05, 4.69) is 18.7 Å². The zero-order valence-corrected chi connectivity index (χ0v) is 17.3. The molecule has 25 heavy (non-hydrogen) atoms. The first-order chi connectivity index (χ1) is 11.5. The summed E-state index contributed by atoms with van der Waals surface area (Å²) in [5.41, 5.74) is 2.01. The van der Waals surface area contributed by atoms with Crippen LogP contribution in [-0.4, -0.2) is 42.0 Å². The van der Waals surface area contributed by atoms with Crippen LogP contribution in [0.1, 0.15) is 32.3 Å². The number of thiazole rings is 1. The molecule has 1 fully saturated rings. The Hall–Kier alpha value is -0.880. The van der Waals surface area contributed by atoms with Crippen LogP contribution in [-0.2, 0) is 4.79 Å². The molecule has 0 unspecified atom stereocenters. The van der Waals surface area contributed by atoms with Gasteiger partial charge in [-0.25, -0.2) is 4.98 Å². The van der Waals surface area contributed by atoms with E-state index < -0.39 is 0 Å². The van der Waals surface area contributed by atoms with Crippen molar-refractivity contribution in [3.05, 3.63) is 22.7 Å². The van der Waals surface area contributed by atoms with Crippen molar-refractivity contribution in [1.82, 2.24) is 9.88 Å². The van der Waals surface area contributed by atoms with E-state index in [1.165, 1.54) is 0 Å². The lowest BCUT2D eigenvalue weighted by molar-refractivity contribution is -0.119. The minimum absolute atomic E-state index is 0. The van der Waals surface area contributed by atoms with E-state index >= 15 is 0 Å². The molecule has 2 aromatic rings. The number of halogens is 2. The van der Waals surface area contributed by atoms with E-state index in [1.807, 2.05) is 24.0 Å². The molecular formula is C18H25Cl2N3OS. The predicted octanol–water partition coefficient (Wildman–Crippen LogP) is 4.76. The summed E-state index contributed by atoms with van der Waals surface area (Å²) in [6.07, 6.45) is 2.02. The van der Waals surface area contributed by atoms with Gasteiger partial charge in [0, 0.05) is 24.0 Å². The number of carbonyl (C=O) groups excluding carboxylic acids is 1. The predicted molar refractivity (Wildman–Crippen MR) is 109 cm³/mol. The van der Waals surface area contributed by atoms with Gasteiger partial charge in [-0.1, -0.05) is 36.8 Å². The van der Waals surface area contributed by atoms with Gasteiger partial charge >= 0.3 is 0 Å². The molecule has 0 N–H and O–H groups in total. The van der Waals surface area contributed by atoms with Crippen molar-refractivity contribution in [2.24, 2.45) is 5.92 Å². The Bertz CT molecular complexity index is 741. The molecule has 0 atom stereocenters. The van der Waals surface area contributed by atoms with Crippen molar-refractivity contribution in [2.45, 2.75) is 33.6 Å². The number of nitrogens with zero attached hydrogens (tertiary/aromatic N) is 3. The standard InChI is InChI=1S/C18H24ClN3OS.ClH/c1-4-21(5-2)8-9-22(17(23)13-6-7-13)18-20-16-12(3)10-14(19)11-15(16)24-18;/h10-11,13H,4-9H2,1-3H3;1H. The molecule has 1 heterocycles. The molecule has 0 spiro atoms. The first-order valence-electron chi connectivity index (χ1n) is 8.63. The van der Waals surface area contributed by atoms with Gasteiger partial charge in [0.05, 0.1) is 10.2 Å². The molecule has 0 aliphatic heterocycles. The van der Waals surface area contributed by atoms with Crippen LogP contribution in [0.2, 0.25) is 5.02 Å². The van der Waals surface area contributed by atoms with Gasteiger partial charge in [0.1, 0.15) is 0 Å². The molecule has 1 aliphatic rings. The number of hydrogen-bond donors (Lipinski definition) is 0. The number of hydrogen-bond acceptors (Lipinski definition) is 4. The lowest BCUT2D eigenvalue weighted by Crippen LogP contribution is -2.39. The number of carbonyl (C=O) groups is 1. The topological polar surface area (TPSA) is 36.4 Å². The number of rotatable bonds is 7. The smallest absolute Gasteiger partial charge is 0.231 e. The summed E-state index contributed by atoms with van der Waals surface area (Å²) in [6, 6.07) is 3.87. The number of amides is 1. The first kappa shape index (κ1) is 20.4. The molecule has 1 aromatic carbocycles. The SMILES string of the molecule is CCN(CC)CCN(C(=O)C1CC1)c1nc2c(C)cc(Cl)cc2s1.Cl. The summed E-state index contributed by atoms with van der Waals surface area (Å²) in [6.45, 7) is 9.89. The highest BCUT2D eigenvalue weighted by atomic mass is 35.5. The summed E-state index contributed by atoms with van der Waals surface area (Å²) >= 11 is 7.73. The zero-order chi connectivity index (χ0) is 17.3. The van der Waals surface area contributed by atoms with E-state index in [9.17, 15) is 4.79 Å². The van der Waals surface area contributed by atoms with E-state index in [1.54, 1.807) is 11.3 Å². The van der Waals surface area contributed by atoms with Crippen LogP contribution in [0.25, 0.3) is 10.2 Å². The second kappa shape index (κ2) is 8.67. The average Bonchev–Trinajstić information content (AvgIpc) is 3.31. The summed E-state index contributed by atoms with van der Waals surface area (Å²) < 4.78 is 1.05. The second-order valence-electron chi connectivity index (χ2n) is 6.36. The Labute approximate surface area is 164 Å². The van der Waals surface area contributed by atoms with Gasteiger partial charge in [0.25, 0.3) is 0 Å². The van der Waals surface area contributed by atoms with Gasteiger partial charge in [-0.2, -0.15) is 0 Å². The maximum atomic E-state index is 12.8. The molecular weight excluding hydrogens is 377 g/mol. The van der Waals surface area contributed by atoms with Crippen molar-refractivity contribution in [1.29, 1.82) is 0 Å². The van der Waals surface area contributed by atoms with Crippen LogP contribution in [0.15, 0.2) is 12.1 Å². The molecule has 0 bridgehead atoms. The van der Waals surface area contributed by atoms with Gasteiger partial charge in [-0.3, -0.25) is 9.69 Å². The van der Waals surface area contributed by atoms with Crippen LogP contribution < -0.4 is 4.90 Å². The zero-order valence-electron chi connectivity index (χ0n) is 14.9. The van der Waals surface area contributed by atoms with E-state index in [-0.39, 0.29) is 24.2 Å². The Balaban J connectivity index is 0.00000225. The maximum absolute atomic E-state index is 12.8. The van der Waals surface area contributed by atoms with Crippen LogP contribution in [0, 0.1) is 12.8 Å². The molecule has 138 valence electrons. The molecule has 1 amide bonds. The van der Waals surface area contributed by atoms with E-state index in [4.69, 9.17) is 16.6 Å². The molecule has 1 saturated carbocycles. The Morgan fingerprint density at radius 1 is 1.28 bits per heavy atom. The minimum atomic E-state index is 0. The quantitative estimate of drug-likeness (QED) is 0.670. The average molecular weight is 402 g/mol. The molecule has 1 aliphatic carbocycles. The third kappa shape index (κ3) is 4.64. The fourth-order valence-electron chi connectivity index (χ4n) is 2.89. The lowest BCUT2D eigenvalue weighted by atomic mass is 10.2. The summed E-state index contributed by atoms with van der Waals surface area (Å²) in [7, 11) is 0. The highest BCUT2D eigenvalue weighted by molar-refractivity contribution is 7.22. The van der Waals surface area contributed by atoms with Crippen molar-refractivity contribution in [2.75, 3.05) is 31.1 Å². The number of aromatic nitrogens is 1. The Morgan fingerprint density at radius 3 is 2.56 bits per heavy atom. The van der Waals surface area contributed by atoms with E-state index in [0.717, 1.165) is 58.4 Å². The summed E-state index contributed by atoms with van der Waals surface area (Å²) in [4.78, 5) is 21.8. The van der Waals surface area contributed by atoms with Crippen molar-refractivity contribution in [3.63, 3.8) is 0 Å². The van der Waals surface area contributed by atoms with Gasteiger partial charge in [-0.05, 0) is 50.6 Å². The number of aryl methyl sites for hydroxylation is 1. The lowest BCUT2D eigenvalue weighted by Gasteiger charge is -2.24. The molecule has 1 aromatic heterocycles. The monoisotopic (exact) mass is 401 g/mol. The number of likely N-dealkylation sites (N-methyl/N-ethyl adjacent to an activating group) is 1. The van der Waals surface area contributed by atoms with Crippen LogP contribution in [0.3, 0.4) is 0 Å². The first-order valence-corrected chi connectivity index (χ1v) is 9.83. The third-order valence-corrected chi connectivity index (χ3v) is 5.84. The van der Waals surface area contributed by atoms with Gasteiger partial charge < -0.3 is 4.90 Å². The van der Waals surface area contributed by atoms with Crippen molar-refractivity contribution >= 4 is 56.6 Å². The van der Waals surface area contributed by atoms with Crippen LogP contribution >= 0.6 is 35.3 Å². The fourth-order valence-corrected chi connectivity index (χ4v) is 4.34. The van der Waals surface area contributed by atoms with Crippen molar-refractivity contribution in [3.8, 4) is 0 Å². The number of anilines is 1. The van der Waals surface area contributed by atoms with Crippen LogP contribution in [0.5, 0.6) is 0 Å². The van der Waals surface area contributed by atoms with Gasteiger partial charge in [-0.15, -0.1) is 12.4 Å². The number of fused-ring (bicyclic) bond motifs is 1. The largest absolute Gasteiger partial charge is 0.302 e. The summed E-state index contributed by atoms with van der Waals surface area (Å²) in [5.74, 6) is 0.420. The highest BCUT2D eigenvalue weighted by Gasteiger charge is 2.35. The third-order valence-electron chi connectivity index (χ3n) is 4.60. The molecule has 0 saturated heterocycles. The fraction of sp³-hybridized carbons (Fsp3) is 0.556. The molecule has 0 radical (unpaired) electrons. The van der Waals surface area contributed by atoms with Gasteiger partial charge in [0.2, 0.25) is 5.91 Å². The Kier molecular flexibility index (Phi) is 7.09. The molecule has 3 rings (SSSR count). The van der Waals surface area contributed by atoms with Crippen molar-refractivity contribution < 1.29 is 4.79 Å². The van der Waals surface area contributed by atoms with Crippen LogP contribution in [0.4, 0.5) is 5.13 Å². The maximum Gasteiger partial charge on any atom is 0.231 e. The second-order valence-corrected chi connectivity index (χ2v) is 7.80. The highest BCUT2D eigenvalue weighted by Crippen LogP contribution is 2.37. The number of benzene rings is 1. The minimum Gasteiger partial charge on any atom is -0.302 e. The van der Waals surface area contributed by atoms with E-state index in [0.29, 0.717) is 6.54 Å². The summed E-state index contributed by atoms with van der Waals surface area (Å²) in [5, 5.41) is 1.53.